The fourth-order valence-electron chi connectivity index (χ4n) is 0.725. The van der Waals surface area contributed by atoms with Crippen LogP contribution in [0.5, 0.6) is 0 Å². The summed E-state index contributed by atoms with van der Waals surface area (Å²) in [4.78, 5) is 14.1. The van der Waals surface area contributed by atoms with Crippen LogP contribution in [0.4, 0.5) is 10.5 Å². The van der Waals surface area contributed by atoms with Crippen molar-refractivity contribution in [1.29, 1.82) is 5.26 Å². The van der Waals surface area contributed by atoms with Crippen molar-refractivity contribution in [2.75, 3.05) is 5.32 Å². The van der Waals surface area contributed by atoms with Crippen LogP contribution in [0.25, 0.3) is 0 Å². The number of nitrogens with zero attached hydrogens (tertiary/aromatic N) is 2. The number of anilines is 1. The summed E-state index contributed by atoms with van der Waals surface area (Å²) in [5.74, 6) is 0. The number of nitrogens with one attached hydrogen (secondary N) is 1. The van der Waals surface area contributed by atoms with Crippen LogP contribution in [0, 0.1) is 11.3 Å². The van der Waals surface area contributed by atoms with E-state index in [0.717, 1.165) is 0 Å². The Morgan fingerprint density at radius 3 is 3.08 bits per heavy atom. The van der Waals surface area contributed by atoms with Crippen LogP contribution < -0.4 is 11.1 Å². The minimum atomic E-state index is -0.697. The number of amides is 2. The number of pyridine rings is 1. The maximum Gasteiger partial charge on any atom is 0.316 e. The fourth-order valence-corrected chi connectivity index (χ4v) is 0.725. The van der Waals surface area contributed by atoms with Gasteiger partial charge in [0.25, 0.3) is 0 Å². The molecule has 5 heteroatoms. The number of nitriles is 1. The second-order valence-electron chi connectivity index (χ2n) is 2.02. The quantitative estimate of drug-likeness (QED) is 0.627. The Labute approximate surface area is 68.8 Å². The van der Waals surface area contributed by atoms with Crippen molar-refractivity contribution in [3.8, 4) is 6.07 Å². The van der Waals surface area contributed by atoms with Gasteiger partial charge in [0.15, 0.2) is 0 Å². The highest BCUT2D eigenvalue weighted by molar-refractivity contribution is 5.89. The number of primary amides is 1. The monoisotopic (exact) mass is 162 g/mol. The third-order valence-corrected chi connectivity index (χ3v) is 1.20. The maximum absolute atomic E-state index is 10.4. The number of aromatic nitrogens is 1. The average Bonchev–Trinajstić information content (AvgIpc) is 2.04. The van der Waals surface area contributed by atoms with E-state index in [2.05, 4.69) is 10.3 Å². The van der Waals surface area contributed by atoms with Gasteiger partial charge >= 0.3 is 6.03 Å². The minimum absolute atomic E-state index is 0.288. The van der Waals surface area contributed by atoms with E-state index >= 15 is 0 Å². The highest BCUT2D eigenvalue weighted by Gasteiger charge is 2.01. The summed E-state index contributed by atoms with van der Waals surface area (Å²) < 4.78 is 0. The molecule has 2 amide bonds. The van der Waals surface area contributed by atoms with Crippen LogP contribution >= 0.6 is 0 Å². The summed E-state index contributed by atoms with van der Waals surface area (Å²) in [6, 6.07) is 2.67. The van der Waals surface area contributed by atoms with Crippen molar-refractivity contribution < 1.29 is 4.79 Å². The number of carbonyl (C=O) groups excluding carboxylic acids is 1. The largest absolute Gasteiger partial charge is 0.351 e. The van der Waals surface area contributed by atoms with Crippen LogP contribution in [0.15, 0.2) is 18.5 Å². The molecule has 0 radical (unpaired) electrons. The molecule has 1 aromatic heterocycles. The molecule has 3 N–H and O–H groups in total. The van der Waals surface area contributed by atoms with Crippen LogP contribution in [0.3, 0.4) is 0 Å². The van der Waals surface area contributed by atoms with E-state index in [1.807, 2.05) is 6.07 Å². The molecule has 0 spiro atoms. The lowest BCUT2D eigenvalue weighted by atomic mass is 10.2. The molecule has 0 aliphatic carbocycles. The first-order valence-electron chi connectivity index (χ1n) is 3.14. The minimum Gasteiger partial charge on any atom is -0.351 e. The van der Waals surface area contributed by atoms with Crippen LogP contribution in [-0.4, -0.2) is 11.0 Å². The molecular formula is C7H6N4O. The summed E-state index contributed by atoms with van der Waals surface area (Å²) >= 11 is 0. The summed E-state index contributed by atoms with van der Waals surface area (Å²) in [6.45, 7) is 0. The van der Waals surface area contributed by atoms with Gasteiger partial charge < -0.3 is 11.1 Å². The van der Waals surface area contributed by atoms with E-state index in [0.29, 0.717) is 5.69 Å². The lowest BCUT2D eigenvalue weighted by Crippen LogP contribution is -2.19. The SMILES string of the molecule is N#Cc1cnccc1NC(N)=O. The molecule has 0 unspecified atom stereocenters. The van der Waals surface area contributed by atoms with E-state index < -0.39 is 6.03 Å². The fraction of sp³-hybridized carbons (Fsp3) is 0. The van der Waals surface area contributed by atoms with Gasteiger partial charge in [-0.25, -0.2) is 4.79 Å². The Morgan fingerprint density at radius 2 is 2.50 bits per heavy atom. The molecule has 0 aliphatic rings. The van der Waals surface area contributed by atoms with Crippen molar-refractivity contribution in [3.63, 3.8) is 0 Å². The molecular weight excluding hydrogens is 156 g/mol. The number of hydrogen-bond donors (Lipinski definition) is 2. The Kier molecular flexibility index (Phi) is 2.23. The molecule has 0 aliphatic heterocycles. The highest BCUT2D eigenvalue weighted by atomic mass is 16.2. The first-order valence-corrected chi connectivity index (χ1v) is 3.14. The van der Waals surface area contributed by atoms with Crippen molar-refractivity contribution in [3.05, 3.63) is 24.0 Å². The molecule has 0 fully saturated rings. The van der Waals surface area contributed by atoms with Gasteiger partial charge in [-0.05, 0) is 6.07 Å². The zero-order chi connectivity index (χ0) is 8.97. The van der Waals surface area contributed by atoms with Gasteiger partial charge in [-0.2, -0.15) is 5.26 Å². The van der Waals surface area contributed by atoms with E-state index in [1.165, 1.54) is 18.5 Å². The molecule has 1 aromatic rings. The van der Waals surface area contributed by atoms with E-state index in [1.54, 1.807) is 0 Å². The van der Waals surface area contributed by atoms with E-state index in [4.69, 9.17) is 11.0 Å². The normalized spacial score (nSPS) is 8.58. The zero-order valence-electron chi connectivity index (χ0n) is 6.11. The third-order valence-electron chi connectivity index (χ3n) is 1.20. The highest BCUT2D eigenvalue weighted by Crippen LogP contribution is 2.10. The summed E-state index contributed by atoms with van der Waals surface area (Å²) in [7, 11) is 0. The van der Waals surface area contributed by atoms with Gasteiger partial charge in [-0.1, -0.05) is 0 Å². The molecule has 1 heterocycles. The first-order chi connectivity index (χ1) is 5.74. The maximum atomic E-state index is 10.4. The van der Waals surface area contributed by atoms with Crippen LogP contribution in [-0.2, 0) is 0 Å². The Bertz CT molecular complexity index is 342. The van der Waals surface area contributed by atoms with E-state index in [-0.39, 0.29) is 5.56 Å². The number of urea groups is 1. The molecule has 0 saturated carbocycles. The first kappa shape index (κ1) is 8.01. The lowest BCUT2D eigenvalue weighted by molar-refractivity contribution is 0.259. The lowest BCUT2D eigenvalue weighted by Gasteiger charge is -2.01. The van der Waals surface area contributed by atoms with Gasteiger partial charge in [-0.3, -0.25) is 4.98 Å². The number of hydrogen-bond acceptors (Lipinski definition) is 3. The van der Waals surface area contributed by atoms with Gasteiger partial charge in [0, 0.05) is 12.4 Å². The van der Waals surface area contributed by atoms with Crippen molar-refractivity contribution >= 4 is 11.7 Å². The molecule has 0 atom stereocenters. The Morgan fingerprint density at radius 1 is 1.75 bits per heavy atom. The predicted octanol–water partition coefficient (Wildman–Crippen LogP) is 0.444. The summed E-state index contributed by atoms with van der Waals surface area (Å²) in [6.07, 6.45) is 2.82. The van der Waals surface area contributed by atoms with Crippen molar-refractivity contribution in [2.45, 2.75) is 0 Å². The molecule has 60 valence electrons. The molecule has 0 saturated heterocycles. The smallest absolute Gasteiger partial charge is 0.316 e. The average molecular weight is 162 g/mol. The number of carbonyl (C=O) groups is 1. The summed E-state index contributed by atoms with van der Waals surface area (Å²) in [5, 5.41) is 10.8. The molecule has 0 bridgehead atoms. The van der Waals surface area contributed by atoms with Crippen LogP contribution in [0.2, 0.25) is 0 Å². The second kappa shape index (κ2) is 3.34. The standard InChI is InChI=1S/C7H6N4O/c8-3-5-4-10-2-1-6(5)11-7(9)12/h1-2,4H,(H3,9,10,11,12). The van der Waals surface area contributed by atoms with Crippen molar-refractivity contribution in [1.82, 2.24) is 4.98 Å². The van der Waals surface area contributed by atoms with Gasteiger partial charge in [0.1, 0.15) is 6.07 Å². The van der Waals surface area contributed by atoms with Gasteiger partial charge in [0.05, 0.1) is 11.3 Å². The summed E-state index contributed by atoms with van der Waals surface area (Å²) in [5.41, 5.74) is 5.53. The van der Waals surface area contributed by atoms with Crippen molar-refractivity contribution in [2.24, 2.45) is 5.73 Å². The third kappa shape index (κ3) is 1.70. The molecule has 0 aromatic carbocycles. The Hall–Kier alpha value is -2.09. The predicted molar refractivity (Wildman–Crippen MR) is 42.2 cm³/mol. The number of nitrogens with two attached hydrogens (primary N) is 1. The topological polar surface area (TPSA) is 91.8 Å². The zero-order valence-corrected chi connectivity index (χ0v) is 6.11. The molecule has 1 rings (SSSR count). The Balaban J connectivity index is 2.99. The molecule has 12 heavy (non-hydrogen) atoms. The van der Waals surface area contributed by atoms with Gasteiger partial charge in [0.2, 0.25) is 0 Å². The van der Waals surface area contributed by atoms with Gasteiger partial charge in [-0.15, -0.1) is 0 Å². The van der Waals surface area contributed by atoms with Crippen LogP contribution in [0.1, 0.15) is 5.56 Å². The van der Waals surface area contributed by atoms with E-state index in [9.17, 15) is 4.79 Å². The second-order valence-corrected chi connectivity index (χ2v) is 2.02. The number of rotatable bonds is 1. The molecule has 5 nitrogen and oxygen atoms in total.